The zero-order valence-electron chi connectivity index (χ0n) is 11.8. The Morgan fingerprint density at radius 1 is 1.14 bits per heavy atom. The lowest BCUT2D eigenvalue weighted by Crippen LogP contribution is -2.16. The molecule has 21 heavy (non-hydrogen) atoms. The Hall–Kier alpha value is -1.33. The standard InChI is InChI=1S/C16H16Br2N2O/c1-9-3-4-10(2)11(5-9)6-15(21)20-16-13(17)7-12(19)8-14(16)18/h3-5,7-8H,6,19H2,1-2H3,(H,20,21). The highest BCUT2D eigenvalue weighted by Crippen LogP contribution is 2.33. The van der Waals surface area contributed by atoms with Crippen LogP contribution in [0.1, 0.15) is 16.7 Å². The number of nitrogens with one attached hydrogen (secondary N) is 1. The van der Waals surface area contributed by atoms with E-state index in [-0.39, 0.29) is 5.91 Å². The van der Waals surface area contributed by atoms with Crippen LogP contribution in [-0.2, 0) is 11.2 Å². The Labute approximate surface area is 141 Å². The molecule has 0 heterocycles. The van der Waals surface area contributed by atoms with Crippen molar-refractivity contribution in [3.8, 4) is 0 Å². The molecule has 1 amide bonds. The van der Waals surface area contributed by atoms with Gasteiger partial charge >= 0.3 is 0 Å². The Kier molecular flexibility index (Phi) is 5.06. The number of rotatable bonds is 3. The summed E-state index contributed by atoms with van der Waals surface area (Å²) >= 11 is 6.83. The predicted molar refractivity (Wildman–Crippen MR) is 94.5 cm³/mol. The summed E-state index contributed by atoms with van der Waals surface area (Å²) in [5.41, 5.74) is 10.4. The molecule has 2 aromatic carbocycles. The summed E-state index contributed by atoms with van der Waals surface area (Å²) in [7, 11) is 0. The largest absolute Gasteiger partial charge is 0.399 e. The van der Waals surface area contributed by atoms with Gasteiger partial charge in [-0.3, -0.25) is 4.79 Å². The van der Waals surface area contributed by atoms with Gasteiger partial charge in [-0.1, -0.05) is 23.8 Å². The number of amides is 1. The lowest BCUT2D eigenvalue weighted by atomic mass is 10.0. The minimum absolute atomic E-state index is 0.0603. The molecule has 2 rings (SSSR count). The number of halogens is 2. The molecule has 0 radical (unpaired) electrons. The third kappa shape index (κ3) is 4.08. The molecular weight excluding hydrogens is 396 g/mol. The van der Waals surface area contributed by atoms with E-state index in [0.717, 1.165) is 25.6 Å². The molecule has 110 valence electrons. The number of benzene rings is 2. The molecule has 0 aliphatic carbocycles. The van der Waals surface area contributed by atoms with Crippen LogP contribution in [0.5, 0.6) is 0 Å². The van der Waals surface area contributed by atoms with Crippen LogP contribution in [0.25, 0.3) is 0 Å². The number of hydrogen-bond donors (Lipinski definition) is 2. The molecule has 0 bridgehead atoms. The molecule has 0 saturated heterocycles. The van der Waals surface area contributed by atoms with Crippen LogP contribution in [-0.4, -0.2) is 5.91 Å². The summed E-state index contributed by atoms with van der Waals surface area (Å²) in [6.45, 7) is 4.03. The number of carbonyl (C=O) groups is 1. The van der Waals surface area contributed by atoms with Crippen LogP contribution >= 0.6 is 31.9 Å². The Morgan fingerprint density at radius 3 is 2.38 bits per heavy atom. The average Bonchev–Trinajstić information content (AvgIpc) is 2.38. The zero-order valence-corrected chi connectivity index (χ0v) is 15.0. The summed E-state index contributed by atoms with van der Waals surface area (Å²) in [4.78, 5) is 12.3. The van der Waals surface area contributed by atoms with Crippen molar-refractivity contribution in [1.29, 1.82) is 0 Å². The van der Waals surface area contributed by atoms with E-state index in [2.05, 4.69) is 37.2 Å². The summed E-state index contributed by atoms with van der Waals surface area (Å²) < 4.78 is 1.51. The van der Waals surface area contributed by atoms with E-state index >= 15 is 0 Å². The number of anilines is 2. The van der Waals surface area contributed by atoms with Crippen LogP contribution in [0.15, 0.2) is 39.3 Å². The van der Waals surface area contributed by atoms with E-state index in [1.54, 1.807) is 12.1 Å². The van der Waals surface area contributed by atoms with Crippen molar-refractivity contribution in [2.24, 2.45) is 0 Å². The second-order valence-electron chi connectivity index (χ2n) is 5.01. The molecule has 0 atom stereocenters. The van der Waals surface area contributed by atoms with Crippen LogP contribution in [0.2, 0.25) is 0 Å². The smallest absolute Gasteiger partial charge is 0.228 e. The maximum atomic E-state index is 12.3. The topological polar surface area (TPSA) is 55.1 Å². The van der Waals surface area contributed by atoms with Crippen molar-refractivity contribution in [2.75, 3.05) is 11.1 Å². The molecule has 2 aromatic rings. The zero-order chi connectivity index (χ0) is 15.6. The normalized spacial score (nSPS) is 10.5. The molecule has 0 saturated carbocycles. The van der Waals surface area contributed by atoms with Gasteiger partial charge < -0.3 is 11.1 Å². The molecule has 0 aliphatic rings. The predicted octanol–water partition coefficient (Wildman–Crippen LogP) is 4.59. The molecule has 0 aromatic heterocycles. The summed E-state index contributed by atoms with van der Waals surface area (Å²) in [5.74, 6) is -0.0603. The van der Waals surface area contributed by atoms with Gasteiger partial charge in [-0.2, -0.15) is 0 Å². The Bertz CT molecular complexity index is 676. The van der Waals surface area contributed by atoms with E-state index in [4.69, 9.17) is 5.73 Å². The van der Waals surface area contributed by atoms with Crippen LogP contribution < -0.4 is 11.1 Å². The van der Waals surface area contributed by atoms with Gasteiger partial charge in [0.05, 0.1) is 12.1 Å². The summed E-state index contributed by atoms with van der Waals surface area (Å²) in [5, 5.41) is 2.91. The third-order valence-electron chi connectivity index (χ3n) is 3.18. The second-order valence-corrected chi connectivity index (χ2v) is 6.72. The highest BCUT2D eigenvalue weighted by atomic mass is 79.9. The van der Waals surface area contributed by atoms with Crippen molar-refractivity contribution >= 4 is 49.1 Å². The van der Waals surface area contributed by atoms with Gasteiger partial charge in [0, 0.05) is 14.6 Å². The van der Waals surface area contributed by atoms with Gasteiger partial charge in [-0.25, -0.2) is 0 Å². The van der Waals surface area contributed by atoms with Gasteiger partial charge in [-0.15, -0.1) is 0 Å². The average molecular weight is 412 g/mol. The molecule has 3 nitrogen and oxygen atoms in total. The number of hydrogen-bond acceptors (Lipinski definition) is 2. The SMILES string of the molecule is Cc1ccc(C)c(CC(=O)Nc2c(Br)cc(N)cc2Br)c1. The van der Waals surface area contributed by atoms with E-state index in [1.807, 2.05) is 32.0 Å². The third-order valence-corrected chi connectivity index (χ3v) is 4.44. The van der Waals surface area contributed by atoms with Crippen molar-refractivity contribution < 1.29 is 4.79 Å². The van der Waals surface area contributed by atoms with Gasteiger partial charge in [0.2, 0.25) is 5.91 Å². The fourth-order valence-electron chi connectivity index (χ4n) is 2.06. The lowest BCUT2D eigenvalue weighted by Gasteiger charge is -2.12. The van der Waals surface area contributed by atoms with Gasteiger partial charge in [0.1, 0.15) is 0 Å². The van der Waals surface area contributed by atoms with Crippen LogP contribution in [0.3, 0.4) is 0 Å². The molecule has 0 spiro atoms. The van der Waals surface area contributed by atoms with Gasteiger partial charge in [0.25, 0.3) is 0 Å². The van der Waals surface area contributed by atoms with Gasteiger partial charge in [-0.05, 0) is 69.0 Å². The maximum Gasteiger partial charge on any atom is 0.228 e. The highest BCUT2D eigenvalue weighted by molar-refractivity contribution is 9.11. The Balaban J connectivity index is 2.17. The first-order valence-electron chi connectivity index (χ1n) is 6.47. The second kappa shape index (κ2) is 6.62. The van der Waals surface area contributed by atoms with Crippen molar-refractivity contribution in [3.63, 3.8) is 0 Å². The van der Waals surface area contributed by atoms with Crippen LogP contribution in [0.4, 0.5) is 11.4 Å². The van der Waals surface area contributed by atoms with E-state index < -0.39 is 0 Å². The lowest BCUT2D eigenvalue weighted by molar-refractivity contribution is -0.115. The number of carbonyl (C=O) groups excluding carboxylic acids is 1. The van der Waals surface area contributed by atoms with Crippen molar-refractivity contribution in [2.45, 2.75) is 20.3 Å². The van der Waals surface area contributed by atoms with E-state index in [9.17, 15) is 4.79 Å². The number of nitrogen functional groups attached to an aromatic ring is 1. The summed E-state index contributed by atoms with van der Waals surface area (Å²) in [6.07, 6.45) is 0.344. The molecule has 5 heteroatoms. The van der Waals surface area contributed by atoms with E-state index in [0.29, 0.717) is 17.8 Å². The number of aryl methyl sites for hydroxylation is 2. The fourth-order valence-corrected chi connectivity index (χ4v) is 3.48. The van der Waals surface area contributed by atoms with Crippen molar-refractivity contribution in [3.05, 3.63) is 56.0 Å². The molecule has 0 aliphatic heterocycles. The molecule has 0 unspecified atom stereocenters. The first-order chi connectivity index (χ1) is 9.86. The van der Waals surface area contributed by atoms with Crippen LogP contribution in [0, 0.1) is 13.8 Å². The first kappa shape index (κ1) is 16.0. The number of nitrogens with two attached hydrogens (primary N) is 1. The molecular formula is C16H16Br2N2O. The summed E-state index contributed by atoms with van der Waals surface area (Å²) in [6, 6.07) is 9.65. The van der Waals surface area contributed by atoms with E-state index in [1.165, 1.54) is 0 Å². The minimum atomic E-state index is -0.0603. The minimum Gasteiger partial charge on any atom is -0.399 e. The molecule has 0 fully saturated rings. The Morgan fingerprint density at radius 2 is 1.76 bits per heavy atom. The van der Waals surface area contributed by atoms with Crippen molar-refractivity contribution in [1.82, 2.24) is 0 Å². The van der Waals surface area contributed by atoms with Gasteiger partial charge in [0.15, 0.2) is 0 Å². The monoisotopic (exact) mass is 410 g/mol. The fraction of sp³-hybridized carbons (Fsp3) is 0.188. The highest BCUT2D eigenvalue weighted by Gasteiger charge is 2.12. The quantitative estimate of drug-likeness (QED) is 0.725. The molecule has 3 N–H and O–H groups in total. The first-order valence-corrected chi connectivity index (χ1v) is 8.06. The maximum absolute atomic E-state index is 12.3.